The van der Waals surface area contributed by atoms with Crippen LogP contribution in [-0.2, 0) is 6.42 Å². The highest BCUT2D eigenvalue weighted by Crippen LogP contribution is 2.13. The number of nitrogens with zero attached hydrogens (tertiary/aromatic N) is 3. The molecule has 0 radical (unpaired) electrons. The predicted molar refractivity (Wildman–Crippen MR) is 62.7 cm³/mol. The fraction of sp³-hybridized carbons (Fsp3) is 0.250. The molecule has 2 N–H and O–H groups in total. The van der Waals surface area contributed by atoms with E-state index < -0.39 is 0 Å². The molecule has 2 heterocycles. The van der Waals surface area contributed by atoms with E-state index in [2.05, 4.69) is 15.0 Å². The maximum atomic E-state index is 12.8. The normalized spacial score (nSPS) is 10.5. The molecule has 4 nitrogen and oxygen atoms in total. The van der Waals surface area contributed by atoms with Crippen LogP contribution in [0.15, 0.2) is 24.4 Å². The number of hydrogen-bond acceptors (Lipinski definition) is 4. The van der Waals surface area contributed by atoms with Gasteiger partial charge in [0, 0.05) is 17.8 Å². The minimum atomic E-state index is -0.372. The molecule has 2 aromatic rings. The second-order valence-corrected chi connectivity index (χ2v) is 3.72. The van der Waals surface area contributed by atoms with Crippen LogP contribution in [-0.4, -0.2) is 21.5 Å². The van der Waals surface area contributed by atoms with E-state index in [0.717, 1.165) is 17.6 Å². The second kappa shape index (κ2) is 4.97. The SMILES string of the molecule is Cc1cc(CCN)nc(-c2ccc(F)cn2)n1. The zero-order valence-corrected chi connectivity index (χ0v) is 9.52. The van der Waals surface area contributed by atoms with Gasteiger partial charge in [-0.1, -0.05) is 0 Å². The van der Waals surface area contributed by atoms with Gasteiger partial charge in [-0.15, -0.1) is 0 Å². The summed E-state index contributed by atoms with van der Waals surface area (Å²) in [4.78, 5) is 12.6. The second-order valence-electron chi connectivity index (χ2n) is 3.72. The fourth-order valence-electron chi connectivity index (χ4n) is 1.53. The zero-order chi connectivity index (χ0) is 12.3. The maximum Gasteiger partial charge on any atom is 0.178 e. The first-order chi connectivity index (χ1) is 8.19. The van der Waals surface area contributed by atoms with Gasteiger partial charge in [-0.2, -0.15) is 0 Å². The largest absolute Gasteiger partial charge is 0.330 e. The Morgan fingerprint density at radius 3 is 2.76 bits per heavy atom. The highest BCUT2D eigenvalue weighted by atomic mass is 19.1. The van der Waals surface area contributed by atoms with Crippen LogP contribution < -0.4 is 5.73 Å². The number of aryl methyl sites for hydroxylation is 1. The Labute approximate surface area is 98.7 Å². The van der Waals surface area contributed by atoms with Crippen molar-refractivity contribution in [2.24, 2.45) is 5.73 Å². The van der Waals surface area contributed by atoms with Crippen molar-refractivity contribution in [3.05, 3.63) is 41.6 Å². The number of halogens is 1. The Hall–Kier alpha value is -1.88. The zero-order valence-electron chi connectivity index (χ0n) is 9.52. The van der Waals surface area contributed by atoms with Gasteiger partial charge in [0.15, 0.2) is 5.82 Å². The first kappa shape index (κ1) is 11.6. The first-order valence-electron chi connectivity index (χ1n) is 5.35. The molecule has 0 unspecified atom stereocenters. The Bertz CT molecular complexity index is 510. The lowest BCUT2D eigenvalue weighted by Crippen LogP contribution is -2.06. The molecule has 5 heteroatoms. The van der Waals surface area contributed by atoms with Crippen molar-refractivity contribution in [2.45, 2.75) is 13.3 Å². The number of hydrogen-bond donors (Lipinski definition) is 1. The van der Waals surface area contributed by atoms with Crippen LogP contribution in [0.3, 0.4) is 0 Å². The van der Waals surface area contributed by atoms with Gasteiger partial charge in [0.05, 0.1) is 6.20 Å². The molecule has 0 aliphatic heterocycles. The van der Waals surface area contributed by atoms with E-state index in [1.807, 2.05) is 13.0 Å². The van der Waals surface area contributed by atoms with Gasteiger partial charge < -0.3 is 5.73 Å². The summed E-state index contributed by atoms with van der Waals surface area (Å²) in [6, 6.07) is 4.80. The molecule has 0 bridgehead atoms. The van der Waals surface area contributed by atoms with Crippen LogP contribution in [0, 0.1) is 12.7 Å². The van der Waals surface area contributed by atoms with Gasteiger partial charge in [0.2, 0.25) is 0 Å². The van der Waals surface area contributed by atoms with Gasteiger partial charge in [0.1, 0.15) is 11.5 Å². The predicted octanol–water partition coefficient (Wildman–Crippen LogP) is 1.49. The standard InChI is InChI=1S/C12H13FN4/c1-8-6-10(4-5-14)17-12(16-8)11-3-2-9(13)7-15-11/h2-3,6-7H,4-5,14H2,1H3. The molecule has 0 saturated carbocycles. The Morgan fingerprint density at radius 1 is 1.29 bits per heavy atom. The first-order valence-corrected chi connectivity index (χ1v) is 5.35. The van der Waals surface area contributed by atoms with Crippen LogP contribution in [0.25, 0.3) is 11.5 Å². The Balaban J connectivity index is 2.40. The summed E-state index contributed by atoms with van der Waals surface area (Å²) < 4.78 is 12.8. The average molecular weight is 232 g/mol. The van der Waals surface area contributed by atoms with Crippen LogP contribution in [0.2, 0.25) is 0 Å². The molecule has 2 aromatic heterocycles. The van der Waals surface area contributed by atoms with Gasteiger partial charge in [-0.05, 0) is 31.7 Å². The highest BCUT2D eigenvalue weighted by Gasteiger charge is 2.06. The molecule has 0 fully saturated rings. The van der Waals surface area contributed by atoms with E-state index >= 15 is 0 Å². The molecule has 17 heavy (non-hydrogen) atoms. The van der Waals surface area contributed by atoms with Crippen molar-refractivity contribution >= 4 is 0 Å². The van der Waals surface area contributed by atoms with E-state index in [0.29, 0.717) is 24.5 Å². The summed E-state index contributed by atoms with van der Waals surface area (Å²) in [5.41, 5.74) is 7.78. The van der Waals surface area contributed by atoms with E-state index in [1.54, 1.807) is 6.07 Å². The quantitative estimate of drug-likeness (QED) is 0.870. The Morgan fingerprint density at radius 2 is 2.12 bits per heavy atom. The summed E-state index contributed by atoms with van der Waals surface area (Å²) in [6.45, 7) is 2.42. The number of nitrogens with two attached hydrogens (primary N) is 1. The van der Waals surface area contributed by atoms with E-state index in [1.165, 1.54) is 6.07 Å². The average Bonchev–Trinajstić information content (AvgIpc) is 2.29. The molecule has 0 atom stereocenters. The topological polar surface area (TPSA) is 64.7 Å². The van der Waals surface area contributed by atoms with Gasteiger partial charge in [0.25, 0.3) is 0 Å². The third-order valence-electron chi connectivity index (χ3n) is 2.26. The molecular formula is C12H13FN4. The van der Waals surface area contributed by atoms with Crippen molar-refractivity contribution in [1.29, 1.82) is 0 Å². The van der Waals surface area contributed by atoms with Crippen molar-refractivity contribution < 1.29 is 4.39 Å². The maximum absolute atomic E-state index is 12.8. The lowest BCUT2D eigenvalue weighted by atomic mass is 10.2. The summed E-state index contributed by atoms with van der Waals surface area (Å²) in [5, 5.41) is 0. The van der Waals surface area contributed by atoms with E-state index in [9.17, 15) is 4.39 Å². The smallest absolute Gasteiger partial charge is 0.178 e. The third kappa shape index (κ3) is 2.82. The van der Waals surface area contributed by atoms with Crippen molar-refractivity contribution in [3.8, 4) is 11.5 Å². The molecule has 0 aliphatic rings. The summed E-state index contributed by atoms with van der Waals surface area (Å²) in [6.07, 6.45) is 1.85. The molecule has 2 rings (SSSR count). The molecule has 0 amide bonds. The molecular weight excluding hydrogens is 219 g/mol. The monoisotopic (exact) mass is 232 g/mol. The minimum absolute atomic E-state index is 0.372. The van der Waals surface area contributed by atoms with Crippen LogP contribution in [0.4, 0.5) is 4.39 Å². The third-order valence-corrected chi connectivity index (χ3v) is 2.26. The summed E-state index contributed by atoms with van der Waals surface area (Å²) in [5.74, 6) is 0.136. The van der Waals surface area contributed by atoms with E-state index in [-0.39, 0.29) is 5.82 Å². The minimum Gasteiger partial charge on any atom is -0.330 e. The molecule has 0 aromatic carbocycles. The van der Waals surface area contributed by atoms with Crippen LogP contribution in [0.1, 0.15) is 11.4 Å². The summed E-state index contributed by atoms with van der Waals surface area (Å²) in [7, 11) is 0. The Kier molecular flexibility index (Phi) is 3.39. The lowest BCUT2D eigenvalue weighted by Gasteiger charge is -2.04. The molecule has 0 aliphatic carbocycles. The van der Waals surface area contributed by atoms with Gasteiger partial charge >= 0.3 is 0 Å². The van der Waals surface area contributed by atoms with Gasteiger partial charge in [-0.3, -0.25) is 0 Å². The van der Waals surface area contributed by atoms with Crippen molar-refractivity contribution in [2.75, 3.05) is 6.54 Å². The van der Waals surface area contributed by atoms with Crippen molar-refractivity contribution in [3.63, 3.8) is 0 Å². The molecule has 0 saturated heterocycles. The summed E-state index contributed by atoms with van der Waals surface area (Å²) >= 11 is 0. The number of rotatable bonds is 3. The molecule has 88 valence electrons. The van der Waals surface area contributed by atoms with Crippen LogP contribution >= 0.6 is 0 Å². The fourth-order valence-corrected chi connectivity index (χ4v) is 1.53. The lowest BCUT2D eigenvalue weighted by molar-refractivity contribution is 0.621. The molecule has 0 spiro atoms. The number of pyridine rings is 1. The van der Waals surface area contributed by atoms with Crippen molar-refractivity contribution in [1.82, 2.24) is 15.0 Å². The van der Waals surface area contributed by atoms with Gasteiger partial charge in [-0.25, -0.2) is 19.3 Å². The highest BCUT2D eigenvalue weighted by molar-refractivity contribution is 5.48. The number of aromatic nitrogens is 3. The van der Waals surface area contributed by atoms with E-state index in [4.69, 9.17) is 5.73 Å². The van der Waals surface area contributed by atoms with Crippen LogP contribution in [0.5, 0.6) is 0 Å².